The highest BCUT2D eigenvalue weighted by molar-refractivity contribution is 5.93. The number of carbonyl (C=O) groups excluding carboxylic acids is 4. The number of amides is 4. The van der Waals surface area contributed by atoms with Crippen LogP contribution in [-0.4, -0.2) is 192 Å². The first-order valence-corrected chi connectivity index (χ1v) is 19.8. The highest BCUT2D eigenvalue weighted by Crippen LogP contribution is 2.09. The predicted octanol–water partition coefficient (Wildman–Crippen LogP) is 2.80. The quantitative estimate of drug-likeness (QED) is 0.292. The third-order valence-electron chi connectivity index (χ3n) is 10.4. The van der Waals surface area contributed by atoms with E-state index in [1.807, 2.05) is 28.5 Å². The number of nitrogens with zero attached hydrogens (tertiary/aromatic N) is 8. The molecule has 0 atom stereocenters. The third-order valence-corrected chi connectivity index (χ3v) is 10.4. The van der Waals surface area contributed by atoms with Crippen molar-refractivity contribution < 1.29 is 19.2 Å². The van der Waals surface area contributed by atoms with E-state index in [-0.39, 0.29) is 11.8 Å². The molecule has 0 N–H and O–H groups in total. The van der Waals surface area contributed by atoms with Crippen LogP contribution in [0.4, 0.5) is 0 Å². The zero-order chi connectivity index (χ0) is 39.4. The van der Waals surface area contributed by atoms with E-state index >= 15 is 0 Å². The second-order valence-electron chi connectivity index (χ2n) is 15.0. The minimum Gasteiger partial charge on any atom is -0.340 e. The van der Waals surface area contributed by atoms with Crippen LogP contribution in [-0.2, 0) is 19.2 Å². The van der Waals surface area contributed by atoms with Crippen molar-refractivity contribution in [3.8, 4) is 12.3 Å². The van der Waals surface area contributed by atoms with Crippen LogP contribution >= 0.6 is 0 Å². The molecule has 0 unspecified atom stereocenters. The Morgan fingerprint density at radius 3 is 0.962 bits per heavy atom. The molecule has 0 spiro atoms. The summed E-state index contributed by atoms with van der Waals surface area (Å²) in [4.78, 5) is 62.1. The fourth-order valence-electron chi connectivity index (χ4n) is 6.54. The Balaban J connectivity index is 0.000000347. The standard InChI is InChI=1S/2C10H20N2O.C10H18N2O.C10H16N2O/c4*1-4-10(13)12-7-5-11(6-8-12)9(2)3/h2*9H,4-8H2,1-3H3;4,9H,1,5-8H2,2-3H3;1,9H,5-8H2,2-3H3. The van der Waals surface area contributed by atoms with Crippen LogP contribution in [0.3, 0.4) is 0 Å². The minimum absolute atomic E-state index is 0.0587. The predicted molar refractivity (Wildman–Crippen MR) is 213 cm³/mol. The second-order valence-corrected chi connectivity index (χ2v) is 15.0. The molecule has 4 aliphatic heterocycles. The van der Waals surface area contributed by atoms with E-state index < -0.39 is 0 Å². The SMILES string of the molecule is C#CC(=O)N1CCN(C(C)C)CC1.C=CC(=O)N1CCN(C(C)C)CC1.CCC(=O)N1CCN(C(C)C)CC1.CCC(=O)N1CCN(C(C)C)CC1. The molecule has 0 aromatic heterocycles. The van der Waals surface area contributed by atoms with Crippen molar-refractivity contribution >= 4 is 23.6 Å². The summed E-state index contributed by atoms with van der Waals surface area (Å²) in [5, 5.41) is 0. The molecule has 52 heavy (non-hydrogen) atoms. The summed E-state index contributed by atoms with van der Waals surface area (Å²) in [6.07, 6.45) is 7.72. The fourth-order valence-corrected chi connectivity index (χ4v) is 6.54. The first-order valence-electron chi connectivity index (χ1n) is 19.8. The van der Waals surface area contributed by atoms with Gasteiger partial charge in [0, 0.05) is 142 Å². The Kier molecular flexibility index (Phi) is 22.7. The van der Waals surface area contributed by atoms with E-state index in [0.717, 1.165) is 105 Å². The van der Waals surface area contributed by atoms with Crippen LogP contribution in [0, 0.1) is 12.3 Å². The van der Waals surface area contributed by atoms with Crippen molar-refractivity contribution in [2.75, 3.05) is 105 Å². The van der Waals surface area contributed by atoms with Crippen LogP contribution in [0.1, 0.15) is 82.1 Å². The summed E-state index contributed by atoms with van der Waals surface area (Å²) in [6, 6.07) is 2.36. The number of piperazine rings is 4. The zero-order valence-corrected chi connectivity index (χ0v) is 34.6. The Bertz CT molecular complexity index is 1070. The lowest BCUT2D eigenvalue weighted by atomic mass is 10.2. The minimum atomic E-state index is -0.177. The normalized spacial score (nSPS) is 19.2. The number of terminal acetylenes is 1. The number of rotatable bonds is 7. The van der Waals surface area contributed by atoms with E-state index in [0.29, 0.717) is 48.8 Å². The van der Waals surface area contributed by atoms with Gasteiger partial charge in [-0.1, -0.05) is 20.4 Å². The van der Waals surface area contributed by atoms with Crippen molar-refractivity contribution in [1.29, 1.82) is 0 Å². The van der Waals surface area contributed by atoms with Crippen molar-refractivity contribution in [3.05, 3.63) is 12.7 Å². The summed E-state index contributed by atoms with van der Waals surface area (Å²) in [5.41, 5.74) is 0. The highest BCUT2D eigenvalue weighted by Gasteiger charge is 2.23. The van der Waals surface area contributed by atoms with E-state index in [1.54, 1.807) is 4.90 Å². The second kappa shape index (κ2) is 25.1. The van der Waals surface area contributed by atoms with Gasteiger partial charge in [-0.3, -0.25) is 38.8 Å². The van der Waals surface area contributed by atoms with E-state index in [4.69, 9.17) is 6.42 Å². The molecule has 4 aliphatic rings. The molecule has 12 heteroatoms. The van der Waals surface area contributed by atoms with Gasteiger partial charge in [-0.15, -0.1) is 6.42 Å². The Morgan fingerprint density at radius 1 is 0.500 bits per heavy atom. The van der Waals surface area contributed by atoms with Crippen molar-refractivity contribution in [3.63, 3.8) is 0 Å². The van der Waals surface area contributed by atoms with Gasteiger partial charge in [-0.05, 0) is 67.4 Å². The molecule has 12 nitrogen and oxygen atoms in total. The summed E-state index contributed by atoms with van der Waals surface area (Å²) >= 11 is 0. The van der Waals surface area contributed by atoms with Gasteiger partial charge in [0.05, 0.1) is 0 Å². The van der Waals surface area contributed by atoms with Crippen LogP contribution in [0.15, 0.2) is 12.7 Å². The third kappa shape index (κ3) is 16.8. The van der Waals surface area contributed by atoms with Gasteiger partial charge in [0.15, 0.2) is 0 Å². The summed E-state index contributed by atoms with van der Waals surface area (Å²) < 4.78 is 0. The van der Waals surface area contributed by atoms with Crippen LogP contribution in [0.5, 0.6) is 0 Å². The highest BCUT2D eigenvalue weighted by atomic mass is 16.2. The van der Waals surface area contributed by atoms with Crippen LogP contribution < -0.4 is 0 Å². The monoisotopic (exact) mass is 731 g/mol. The number of hydrogen-bond acceptors (Lipinski definition) is 8. The molecule has 4 fully saturated rings. The van der Waals surface area contributed by atoms with Crippen molar-refractivity contribution in [2.45, 2.75) is 106 Å². The van der Waals surface area contributed by atoms with Gasteiger partial charge in [-0.2, -0.15) is 0 Å². The van der Waals surface area contributed by atoms with Crippen LogP contribution in [0.25, 0.3) is 0 Å². The zero-order valence-electron chi connectivity index (χ0n) is 34.6. The fraction of sp³-hybridized carbons (Fsp3) is 0.800. The average Bonchev–Trinajstić information content (AvgIpc) is 3.17. The lowest BCUT2D eigenvalue weighted by molar-refractivity contribution is -0.133. The molecule has 4 heterocycles. The van der Waals surface area contributed by atoms with Gasteiger partial charge in [-0.25, -0.2) is 0 Å². The van der Waals surface area contributed by atoms with Gasteiger partial charge in [0.1, 0.15) is 0 Å². The summed E-state index contributed by atoms with van der Waals surface area (Å²) in [5.74, 6) is 2.62. The average molecular weight is 731 g/mol. The number of hydrogen-bond donors (Lipinski definition) is 0. The first kappa shape index (κ1) is 47.0. The molecule has 4 amide bonds. The molecular formula is C40H74N8O4. The topological polar surface area (TPSA) is 94.2 Å². The lowest BCUT2D eigenvalue weighted by Crippen LogP contribution is -2.50. The molecule has 0 aromatic rings. The maximum absolute atomic E-state index is 11.4. The summed E-state index contributed by atoms with van der Waals surface area (Å²) in [6.45, 7) is 39.7. The molecule has 0 bridgehead atoms. The van der Waals surface area contributed by atoms with Gasteiger partial charge in [0.25, 0.3) is 5.91 Å². The molecule has 0 radical (unpaired) electrons. The smallest absolute Gasteiger partial charge is 0.298 e. The first-order chi connectivity index (χ1) is 24.6. The summed E-state index contributed by atoms with van der Waals surface area (Å²) in [7, 11) is 0. The van der Waals surface area contributed by atoms with E-state index in [1.165, 1.54) is 6.08 Å². The maximum atomic E-state index is 11.4. The number of carbonyl (C=O) groups is 4. The Labute approximate surface area is 317 Å². The molecule has 298 valence electrons. The largest absolute Gasteiger partial charge is 0.340 e. The van der Waals surface area contributed by atoms with Gasteiger partial charge >= 0.3 is 0 Å². The lowest BCUT2D eigenvalue weighted by Gasteiger charge is -2.36. The van der Waals surface area contributed by atoms with E-state index in [2.05, 4.69) is 87.5 Å². The maximum Gasteiger partial charge on any atom is 0.298 e. The van der Waals surface area contributed by atoms with Gasteiger partial charge in [0.2, 0.25) is 17.7 Å². The molecule has 0 aromatic carbocycles. The molecule has 4 saturated heterocycles. The van der Waals surface area contributed by atoms with Crippen LogP contribution in [0.2, 0.25) is 0 Å². The van der Waals surface area contributed by atoms with Gasteiger partial charge < -0.3 is 19.6 Å². The molecule has 0 saturated carbocycles. The molecular weight excluding hydrogens is 656 g/mol. The van der Waals surface area contributed by atoms with Crippen molar-refractivity contribution in [1.82, 2.24) is 39.2 Å². The Morgan fingerprint density at radius 2 is 0.750 bits per heavy atom. The Hall–Kier alpha value is -2.98. The van der Waals surface area contributed by atoms with E-state index in [9.17, 15) is 19.2 Å². The molecule has 4 rings (SSSR count). The molecule has 0 aliphatic carbocycles. The van der Waals surface area contributed by atoms with Crippen molar-refractivity contribution in [2.24, 2.45) is 0 Å².